The first-order chi connectivity index (χ1) is 18.4. The Balaban J connectivity index is 0.000000494. The molecule has 0 amide bonds. The van der Waals surface area contributed by atoms with E-state index in [-0.39, 0.29) is 17.6 Å². The summed E-state index contributed by atoms with van der Waals surface area (Å²) in [6.45, 7) is 10.0. The van der Waals surface area contributed by atoms with E-state index in [1.807, 2.05) is 43.3 Å². The number of hydrogen-bond acceptors (Lipinski definition) is 5. The number of nitrogens with zero attached hydrogens (tertiary/aromatic N) is 1. The number of hydrogen-bond donors (Lipinski definition) is 2. The zero-order valence-electron chi connectivity index (χ0n) is 22.9. The van der Waals surface area contributed by atoms with E-state index >= 15 is 0 Å². The summed E-state index contributed by atoms with van der Waals surface area (Å²) >= 11 is 6.24. The zero-order chi connectivity index (χ0) is 27.2. The Morgan fingerprint density at radius 2 is 2.05 bits per heavy atom. The maximum atomic E-state index is 13.6. The van der Waals surface area contributed by atoms with E-state index in [0.29, 0.717) is 18.2 Å². The largest absolute Gasteiger partial charge is 0.497 e. The number of rotatable bonds is 7. The Morgan fingerprint density at radius 1 is 1.26 bits per heavy atom. The van der Waals surface area contributed by atoms with Crippen molar-refractivity contribution in [2.45, 2.75) is 58.9 Å². The molecule has 2 atom stereocenters. The average Bonchev–Trinajstić information content (AvgIpc) is 3.33. The van der Waals surface area contributed by atoms with Gasteiger partial charge in [-0.1, -0.05) is 56.6 Å². The molecule has 0 aliphatic carbocycles. The predicted octanol–water partition coefficient (Wildman–Crippen LogP) is 6.84. The van der Waals surface area contributed by atoms with Gasteiger partial charge < -0.3 is 14.8 Å². The van der Waals surface area contributed by atoms with Crippen molar-refractivity contribution in [1.82, 2.24) is 15.5 Å². The highest BCUT2D eigenvalue weighted by atomic mass is 35.5. The highest BCUT2D eigenvalue weighted by molar-refractivity contribution is 6.32. The number of H-pyrrole nitrogens is 1. The smallest absolute Gasteiger partial charge is 0.169 e. The normalized spacial score (nSPS) is 18.6. The van der Waals surface area contributed by atoms with Crippen molar-refractivity contribution in [2.75, 3.05) is 20.3 Å². The maximum absolute atomic E-state index is 13.6. The molecule has 2 aliphatic heterocycles. The predicted molar refractivity (Wildman–Crippen MR) is 154 cm³/mol. The molecule has 1 aromatic heterocycles. The van der Waals surface area contributed by atoms with Gasteiger partial charge in [0.15, 0.2) is 5.78 Å². The van der Waals surface area contributed by atoms with Crippen molar-refractivity contribution in [2.24, 2.45) is 5.92 Å². The van der Waals surface area contributed by atoms with E-state index in [1.54, 1.807) is 13.3 Å². The van der Waals surface area contributed by atoms with Gasteiger partial charge in [-0.2, -0.15) is 5.10 Å². The lowest BCUT2D eigenvalue weighted by molar-refractivity contribution is -0.118. The molecular weight excluding hydrogens is 498 g/mol. The van der Waals surface area contributed by atoms with Crippen LogP contribution < -0.4 is 14.8 Å². The first kappa shape index (κ1) is 27.9. The molecule has 5 rings (SSSR count). The second kappa shape index (κ2) is 12.6. The monoisotopic (exact) mass is 535 g/mol. The van der Waals surface area contributed by atoms with Crippen molar-refractivity contribution < 1.29 is 14.3 Å². The van der Waals surface area contributed by atoms with Crippen LogP contribution in [0.1, 0.15) is 63.1 Å². The van der Waals surface area contributed by atoms with Crippen LogP contribution in [0.15, 0.2) is 48.7 Å². The first-order valence-electron chi connectivity index (χ1n) is 13.4. The number of fused-ring (bicyclic) bond motifs is 1. The third kappa shape index (κ3) is 6.13. The van der Waals surface area contributed by atoms with E-state index in [1.165, 1.54) is 19.4 Å². The van der Waals surface area contributed by atoms with Gasteiger partial charge in [0.2, 0.25) is 0 Å². The number of aromatic nitrogens is 2. The summed E-state index contributed by atoms with van der Waals surface area (Å²) in [6.07, 6.45) is 6.96. The third-order valence-electron chi connectivity index (χ3n) is 7.39. The molecule has 6 nitrogen and oxygen atoms in total. The van der Waals surface area contributed by atoms with E-state index in [0.717, 1.165) is 50.9 Å². The molecule has 3 heterocycles. The minimum atomic E-state index is -0.246. The summed E-state index contributed by atoms with van der Waals surface area (Å²) in [5.41, 5.74) is 5.59. The van der Waals surface area contributed by atoms with Crippen molar-refractivity contribution in [3.05, 3.63) is 70.5 Å². The van der Waals surface area contributed by atoms with Gasteiger partial charge in [-0.3, -0.25) is 9.89 Å². The number of benzene rings is 2. The van der Waals surface area contributed by atoms with Crippen LogP contribution in [0.4, 0.5) is 0 Å². The number of methoxy groups -OCH3 is 1. The van der Waals surface area contributed by atoms with Crippen LogP contribution in [0.2, 0.25) is 5.15 Å². The third-order valence-corrected chi connectivity index (χ3v) is 7.67. The second-order valence-corrected chi connectivity index (χ2v) is 10.5. The minimum absolute atomic E-state index is 0.0944. The summed E-state index contributed by atoms with van der Waals surface area (Å²) in [4.78, 5) is 13.6. The first-order valence-corrected chi connectivity index (χ1v) is 13.8. The summed E-state index contributed by atoms with van der Waals surface area (Å²) in [7, 11) is 1.64. The number of aromatic amines is 1. The molecule has 202 valence electrons. The second-order valence-electron chi connectivity index (χ2n) is 10.2. The molecule has 1 saturated heterocycles. The molecule has 2 aromatic carbocycles. The van der Waals surface area contributed by atoms with Crippen molar-refractivity contribution in [3.8, 4) is 22.6 Å². The summed E-state index contributed by atoms with van der Waals surface area (Å²) in [5, 5.41) is 10.6. The molecule has 0 spiro atoms. The van der Waals surface area contributed by atoms with E-state index in [2.05, 4.69) is 42.4 Å². The fourth-order valence-electron chi connectivity index (χ4n) is 4.94. The Kier molecular flexibility index (Phi) is 9.29. The molecular formula is C31H38ClN3O3. The Hall–Kier alpha value is -3.09. The molecule has 2 unspecified atom stereocenters. The SMILES string of the molecule is C/C=C(/C(=O)C1COc2ccc(OC)cc2C1)c1ccc(-c2cn[nH]c2Cl)cc1C(C)C.CCC1CCN1. The molecule has 0 bridgehead atoms. The van der Waals surface area contributed by atoms with Gasteiger partial charge in [0.25, 0.3) is 0 Å². The molecule has 2 N–H and O–H groups in total. The number of ketones is 1. The average molecular weight is 536 g/mol. The lowest BCUT2D eigenvalue weighted by Crippen LogP contribution is -2.41. The van der Waals surface area contributed by atoms with Gasteiger partial charge in [0, 0.05) is 17.2 Å². The number of ether oxygens (including phenoxy) is 2. The van der Waals surface area contributed by atoms with Crippen LogP contribution >= 0.6 is 11.6 Å². The van der Waals surface area contributed by atoms with Gasteiger partial charge in [-0.15, -0.1) is 0 Å². The standard InChI is InChI=1S/C26H27ClN2O3.C5H11N/c1-5-20(25(30)18-10-17-11-19(31-4)7-9-24(17)32-14-18)21-8-6-16(12-22(21)15(2)3)23-13-28-29-26(23)27;1-2-5-3-4-6-5/h5-9,11-13,15,18H,10,14H2,1-4H3,(H,28,29);5-6H,2-4H2,1H3/b20-5+;. The summed E-state index contributed by atoms with van der Waals surface area (Å²) in [6, 6.07) is 12.7. The topological polar surface area (TPSA) is 76.2 Å². The Bertz CT molecular complexity index is 1290. The van der Waals surface area contributed by atoms with Gasteiger partial charge >= 0.3 is 0 Å². The molecule has 7 heteroatoms. The number of Topliss-reactive ketones (excluding diaryl/α,β-unsaturated/α-hetero) is 1. The van der Waals surface area contributed by atoms with Crippen LogP contribution in [-0.4, -0.2) is 42.3 Å². The molecule has 0 radical (unpaired) electrons. The van der Waals surface area contributed by atoms with Gasteiger partial charge in [0.1, 0.15) is 16.7 Å². The summed E-state index contributed by atoms with van der Waals surface area (Å²) < 4.78 is 11.3. The lowest BCUT2D eigenvalue weighted by atomic mass is 9.83. The Morgan fingerprint density at radius 3 is 2.61 bits per heavy atom. The highest BCUT2D eigenvalue weighted by Gasteiger charge is 2.30. The molecule has 38 heavy (non-hydrogen) atoms. The fraction of sp³-hybridized carbons (Fsp3) is 0.419. The van der Waals surface area contributed by atoms with Crippen LogP contribution in [0, 0.1) is 5.92 Å². The van der Waals surface area contributed by atoms with Gasteiger partial charge in [-0.05, 0) is 79.1 Å². The van der Waals surface area contributed by atoms with Crippen molar-refractivity contribution in [1.29, 1.82) is 0 Å². The lowest BCUT2D eigenvalue weighted by Gasteiger charge is -2.26. The zero-order valence-corrected chi connectivity index (χ0v) is 23.7. The van der Waals surface area contributed by atoms with Crippen molar-refractivity contribution >= 4 is 23.0 Å². The number of carbonyl (C=O) groups excluding carboxylic acids is 1. The van der Waals surface area contributed by atoms with Gasteiger partial charge in [-0.25, -0.2) is 0 Å². The molecule has 1 fully saturated rings. The van der Waals surface area contributed by atoms with Crippen LogP contribution in [-0.2, 0) is 11.2 Å². The van der Waals surface area contributed by atoms with Crippen LogP contribution in [0.5, 0.6) is 11.5 Å². The minimum Gasteiger partial charge on any atom is -0.497 e. The summed E-state index contributed by atoms with van der Waals surface area (Å²) in [5.74, 6) is 1.66. The molecule has 2 aliphatic rings. The number of halogens is 1. The number of nitrogens with one attached hydrogen (secondary N) is 2. The van der Waals surface area contributed by atoms with Crippen LogP contribution in [0.3, 0.4) is 0 Å². The highest BCUT2D eigenvalue weighted by Crippen LogP contribution is 2.36. The number of carbonyl (C=O) groups is 1. The van der Waals surface area contributed by atoms with E-state index in [9.17, 15) is 4.79 Å². The van der Waals surface area contributed by atoms with E-state index in [4.69, 9.17) is 21.1 Å². The molecule has 3 aromatic rings. The van der Waals surface area contributed by atoms with E-state index < -0.39 is 0 Å². The Labute approximate surface area is 230 Å². The van der Waals surface area contributed by atoms with Crippen molar-refractivity contribution in [3.63, 3.8) is 0 Å². The molecule has 0 saturated carbocycles. The van der Waals surface area contributed by atoms with Crippen LogP contribution in [0.25, 0.3) is 16.7 Å². The maximum Gasteiger partial charge on any atom is 0.169 e. The number of allylic oxidation sites excluding steroid dienone is 2. The quantitative estimate of drug-likeness (QED) is 0.324. The fourth-order valence-corrected chi connectivity index (χ4v) is 5.15. The van der Waals surface area contributed by atoms with Gasteiger partial charge in [0.05, 0.1) is 25.8 Å².